The van der Waals surface area contributed by atoms with Crippen molar-refractivity contribution in [2.24, 2.45) is 0 Å². The second-order valence-corrected chi connectivity index (χ2v) is 5.36. The maximum Gasteiger partial charge on any atom is 0.153 e. The molecule has 1 aromatic heterocycles. The number of aryl methyl sites for hydroxylation is 1. The lowest BCUT2D eigenvalue weighted by Crippen LogP contribution is -2.05. The highest BCUT2D eigenvalue weighted by molar-refractivity contribution is 5.85. The van der Waals surface area contributed by atoms with Crippen molar-refractivity contribution < 1.29 is 9.53 Å². The van der Waals surface area contributed by atoms with Crippen molar-refractivity contribution in [2.75, 3.05) is 0 Å². The van der Waals surface area contributed by atoms with E-state index in [9.17, 15) is 4.79 Å². The molecule has 1 aromatic carbocycles. The third-order valence-corrected chi connectivity index (χ3v) is 3.16. The first-order valence-corrected chi connectivity index (χ1v) is 7.43. The fraction of sp³-hybridized carbons (Fsp3) is 0.412. The summed E-state index contributed by atoms with van der Waals surface area (Å²) >= 11 is 0. The number of hydrogen-bond acceptors (Lipinski definition) is 3. The van der Waals surface area contributed by atoms with E-state index in [0.717, 1.165) is 42.7 Å². The Hall–Kier alpha value is -2.10. The minimum absolute atomic E-state index is 0.148. The number of carbonyl (C=O) groups is 1. The molecule has 0 saturated carbocycles. The number of carbonyl (C=O) groups excluding carboxylic acids is 1. The molecule has 0 N–H and O–H groups in total. The summed E-state index contributed by atoms with van der Waals surface area (Å²) in [6, 6.07) is 7.71. The topological polar surface area (TPSA) is 44.1 Å². The van der Waals surface area contributed by atoms with Crippen molar-refractivity contribution in [3.05, 3.63) is 36.0 Å². The number of unbranched alkanes of at least 4 members (excludes halogenated alkanes) is 1. The Balaban J connectivity index is 2.23. The van der Waals surface area contributed by atoms with Gasteiger partial charge in [0.15, 0.2) is 6.29 Å². The van der Waals surface area contributed by atoms with Crippen LogP contribution in [0, 0.1) is 0 Å². The Kier molecular flexibility index (Phi) is 5.14. The lowest BCUT2D eigenvalue weighted by atomic mass is 10.1. The first kappa shape index (κ1) is 15.3. The Morgan fingerprint density at radius 3 is 2.57 bits per heavy atom. The molecular formula is C17H22N2O2. The number of hydrogen-bond donors (Lipinski definition) is 0. The fourth-order valence-corrected chi connectivity index (χ4v) is 2.15. The smallest absolute Gasteiger partial charge is 0.153 e. The van der Waals surface area contributed by atoms with E-state index in [-0.39, 0.29) is 6.10 Å². The minimum Gasteiger partial charge on any atom is -0.491 e. The molecule has 4 nitrogen and oxygen atoms in total. The highest BCUT2D eigenvalue weighted by Crippen LogP contribution is 2.24. The normalized spacial score (nSPS) is 10.9. The number of nitrogens with zero attached hydrogens (tertiary/aromatic N) is 2. The molecule has 0 unspecified atom stereocenters. The van der Waals surface area contributed by atoms with E-state index in [1.165, 1.54) is 0 Å². The summed E-state index contributed by atoms with van der Waals surface area (Å²) < 4.78 is 7.47. The molecule has 2 aromatic rings. The minimum atomic E-state index is 0.148. The third-order valence-electron chi connectivity index (χ3n) is 3.16. The zero-order valence-corrected chi connectivity index (χ0v) is 12.9. The van der Waals surface area contributed by atoms with Crippen LogP contribution in [0.2, 0.25) is 0 Å². The quantitative estimate of drug-likeness (QED) is 0.724. The monoisotopic (exact) mass is 286 g/mol. The number of benzene rings is 1. The second kappa shape index (κ2) is 7.07. The van der Waals surface area contributed by atoms with Gasteiger partial charge in [0.05, 0.1) is 11.7 Å². The maximum absolute atomic E-state index is 11.2. The molecule has 0 aliphatic heterocycles. The molecule has 0 aliphatic carbocycles. The zero-order valence-electron chi connectivity index (χ0n) is 12.9. The molecule has 1 heterocycles. The summed E-state index contributed by atoms with van der Waals surface area (Å²) in [7, 11) is 0. The molecular weight excluding hydrogens is 264 g/mol. The highest BCUT2D eigenvalue weighted by atomic mass is 16.5. The van der Waals surface area contributed by atoms with E-state index in [2.05, 4.69) is 12.0 Å². The molecule has 0 fully saturated rings. The summed E-state index contributed by atoms with van der Waals surface area (Å²) in [6.45, 7) is 6.96. The molecule has 112 valence electrons. The molecule has 0 bridgehead atoms. The predicted molar refractivity (Wildman–Crippen MR) is 83.7 cm³/mol. The van der Waals surface area contributed by atoms with Gasteiger partial charge in [0.1, 0.15) is 11.4 Å². The van der Waals surface area contributed by atoms with E-state index >= 15 is 0 Å². The van der Waals surface area contributed by atoms with Crippen LogP contribution in [0.25, 0.3) is 11.3 Å². The van der Waals surface area contributed by atoms with Crippen molar-refractivity contribution in [3.8, 4) is 17.0 Å². The Morgan fingerprint density at radius 1 is 1.29 bits per heavy atom. The van der Waals surface area contributed by atoms with Gasteiger partial charge in [-0.3, -0.25) is 9.48 Å². The lowest BCUT2D eigenvalue weighted by molar-refractivity contribution is 0.112. The van der Waals surface area contributed by atoms with Crippen LogP contribution in [-0.4, -0.2) is 22.2 Å². The van der Waals surface area contributed by atoms with Crippen LogP contribution in [0.4, 0.5) is 0 Å². The Bertz CT molecular complexity index is 585. The van der Waals surface area contributed by atoms with Gasteiger partial charge in [-0.25, -0.2) is 0 Å². The largest absolute Gasteiger partial charge is 0.491 e. The summed E-state index contributed by atoms with van der Waals surface area (Å²) in [6.07, 6.45) is 4.99. The Labute approximate surface area is 125 Å². The summed E-state index contributed by atoms with van der Waals surface area (Å²) in [5.74, 6) is 0.826. The van der Waals surface area contributed by atoms with E-state index in [4.69, 9.17) is 4.74 Å². The summed E-state index contributed by atoms with van der Waals surface area (Å²) in [4.78, 5) is 11.2. The van der Waals surface area contributed by atoms with Crippen LogP contribution in [0.1, 0.15) is 44.0 Å². The maximum atomic E-state index is 11.2. The molecule has 0 saturated heterocycles. The summed E-state index contributed by atoms with van der Waals surface area (Å²) in [5, 5.41) is 4.52. The Morgan fingerprint density at radius 2 is 2.00 bits per heavy atom. The van der Waals surface area contributed by atoms with Crippen molar-refractivity contribution in [1.82, 2.24) is 9.78 Å². The van der Waals surface area contributed by atoms with E-state index in [1.807, 2.05) is 49.0 Å². The molecule has 21 heavy (non-hydrogen) atoms. The van der Waals surface area contributed by atoms with Crippen LogP contribution in [0.5, 0.6) is 5.75 Å². The average molecular weight is 286 g/mol. The van der Waals surface area contributed by atoms with Crippen LogP contribution in [0.15, 0.2) is 30.5 Å². The highest BCUT2D eigenvalue weighted by Gasteiger charge is 2.11. The number of rotatable bonds is 7. The van der Waals surface area contributed by atoms with Crippen LogP contribution < -0.4 is 4.74 Å². The van der Waals surface area contributed by atoms with Gasteiger partial charge in [-0.05, 0) is 44.5 Å². The van der Waals surface area contributed by atoms with Gasteiger partial charge in [-0.15, -0.1) is 0 Å². The molecule has 2 rings (SSSR count). The van der Waals surface area contributed by atoms with Gasteiger partial charge in [0.2, 0.25) is 0 Å². The fourth-order valence-electron chi connectivity index (χ4n) is 2.15. The average Bonchev–Trinajstić information content (AvgIpc) is 2.88. The van der Waals surface area contributed by atoms with Crippen molar-refractivity contribution in [2.45, 2.75) is 46.3 Å². The van der Waals surface area contributed by atoms with Crippen LogP contribution in [0.3, 0.4) is 0 Å². The number of aromatic nitrogens is 2. The van der Waals surface area contributed by atoms with Gasteiger partial charge in [0.25, 0.3) is 0 Å². The molecule has 4 heteroatoms. The number of aldehydes is 1. The van der Waals surface area contributed by atoms with E-state index < -0.39 is 0 Å². The first-order chi connectivity index (χ1) is 10.1. The SMILES string of the molecule is CCCCn1cc(C=O)c(-c2ccc(OC(C)C)cc2)n1. The van der Waals surface area contributed by atoms with E-state index in [1.54, 1.807) is 0 Å². The third kappa shape index (κ3) is 3.94. The summed E-state index contributed by atoms with van der Waals surface area (Å²) in [5.41, 5.74) is 2.30. The molecule has 0 amide bonds. The molecule has 0 radical (unpaired) electrons. The van der Waals surface area contributed by atoms with Gasteiger partial charge in [-0.1, -0.05) is 13.3 Å². The van der Waals surface area contributed by atoms with Crippen molar-refractivity contribution in [3.63, 3.8) is 0 Å². The molecule has 0 spiro atoms. The van der Waals surface area contributed by atoms with Gasteiger partial charge < -0.3 is 4.74 Å². The molecule has 0 aliphatic rings. The first-order valence-electron chi connectivity index (χ1n) is 7.43. The van der Waals surface area contributed by atoms with Crippen LogP contribution >= 0.6 is 0 Å². The van der Waals surface area contributed by atoms with Crippen molar-refractivity contribution >= 4 is 6.29 Å². The van der Waals surface area contributed by atoms with Gasteiger partial charge in [-0.2, -0.15) is 5.10 Å². The van der Waals surface area contributed by atoms with Crippen LogP contribution in [-0.2, 0) is 6.54 Å². The van der Waals surface area contributed by atoms with Gasteiger partial charge in [0, 0.05) is 18.3 Å². The standard InChI is InChI=1S/C17H22N2O2/c1-4-5-10-19-11-15(12-20)17(18-19)14-6-8-16(9-7-14)21-13(2)3/h6-9,11-13H,4-5,10H2,1-3H3. The zero-order chi connectivity index (χ0) is 15.2. The van der Waals surface area contributed by atoms with E-state index in [0.29, 0.717) is 5.56 Å². The van der Waals surface area contributed by atoms with Gasteiger partial charge >= 0.3 is 0 Å². The van der Waals surface area contributed by atoms with Crippen molar-refractivity contribution in [1.29, 1.82) is 0 Å². The number of ether oxygens (including phenoxy) is 1. The second-order valence-electron chi connectivity index (χ2n) is 5.36. The lowest BCUT2D eigenvalue weighted by Gasteiger charge is -2.09. The molecule has 0 atom stereocenters. The predicted octanol–water partition coefficient (Wildman–Crippen LogP) is 3.95.